The minimum absolute atomic E-state index is 0.394. The van der Waals surface area contributed by atoms with Crippen LogP contribution in [-0.2, 0) is 11.3 Å². The van der Waals surface area contributed by atoms with Crippen molar-refractivity contribution < 1.29 is 22.6 Å². The average Bonchev–Trinajstić information content (AvgIpc) is 2.53. The Balaban J connectivity index is 1.81. The highest BCUT2D eigenvalue weighted by Gasteiger charge is 2.35. The highest BCUT2D eigenvalue weighted by Crippen LogP contribution is 2.26. The van der Waals surface area contributed by atoms with E-state index in [1.807, 2.05) is 38.4 Å². The molecule has 1 aliphatic rings. The topological polar surface area (TPSA) is 24.9 Å². The second-order valence-electron chi connectivity index (χ2n) is 6.65. The summed E-state index contributed by atoms with van der Waals surface area (Å²) in [6.07, 6.45) is -3.54. The number of benzene rings is 1. The Morgan fingerprint density at radius 3 is 2.48 bits per heavy atom. The van der Waals surface area contributed by atoms with Crippen molar-refractivity contribution >= 4 is 0 Å². The van der Waals surface area contributed by atoms with Gasteiger partial charge in [-0.3, -0.25) is 9.64 Å². The SMILES string of the molecule is CN(C)CCCOc1ccccc1CN1CCC(OC(F)(F)F)CC1. The molecule has 1 saturated heterocycles. The van der Waals surface area contributed by atoms with Gasteiger partial charge in [-0.05, 0) is 39.4 Å². The number of rotatable bonds is 8. The number of hydrogen-bond donors (Lipinski definition) is 0. The third-order valence-corrected chi connectivity index (χ3v) is 4.21. The molecule has 4 nitrogen and oxygen atoms in total. The molecule has 1 aromatic carbocycles. The van der Waals surface area contributed by atoms with Gasteiger partial charge in [-0.15, -0.1) is 13.2 Å². The van der Waals surface area contributed by atoms with Crippen molar-refractivity contribution in [1.29, 1.82) is 0 Å². The lowest BCUT2D eigenvalue weighted by Crippen LogP contribution is -2.38. The maximum absolute atomic E-state index is 12.3. The summed E-state index contributed by atoms with van der Waals surface area (Å²) in [6.45, 7) is 3.49. The van der Waals surface area contributed by atoms with Crippen molar-refractivity contribution in [1.82, 2.24) is 9.80 Å². The van der Waals surface area contributed by atoms with Gasteiger partial charge in [0.25, 0.3) is 0 Å². The van der Waals surface area contributed by atoms with Crippen LogP contribution in [-0.4, -0.2) is 62.6 Å². The third-order valence-electron chi connectivity index (χ3n) is 4.21. The van der Waals surface area contributed by atoms with Crippen molar-refractivity contribution in [3.05, 3.63) is 29.8 Å². The largest absolute Gasteiger partial charge is 0.522 e. The molecule has 142 valence electrons. The zero-order chi connectivity index (χ0) is 18.3. The smallest absolute Gasteiger partial charge is 0.493 e. The van der Waals surface area contributed by atoms with E-state index in [2.05, 4.69) is 14.5 Å². The quantitative estimate of drug-likeness (QED) is 0.663. The predicted molar refractivity (Wildman–Crippen MR) is 90.5 cm³/mol. The van der Waals surface area contributed by atoms with E-state index in [0.29, 0.717) is 39.1 Å². The molecule has 1 aliphatic heterocycles. The van der Waals surface area contributed by atoms with Crippen molar-refractivity contribution in [3.8, 4) is 5.75 Å². The third kappa shape index (κ3) is 7.63. The van der Waals surface area contributed by atoms with Crippen LogP contribution < -0.4 is 4.74 Å². The van der Waals surface area contributed by atoms with Gasteiger partial charge >= 0.3 is 6.36 Å². The normalized spacial score (nSPS) is 17.2. The van der Waals surface area contributed by atoms with E-state index in [-0.39, 0.29) is 0 Å². The first-order chi connectivity index (χ1) is 11.8. The first kappa shape index (κ1) is 20.0. The Morgan fingerprint density at radius 2 is 1.84 bits per heavy atom. The molecule has 25 heavy (non-hydrogen) atoms. The Hall–Kier alpha value is -1.31. The highest BCUT2D eigenvalue weighted by atomic mass is 19.4. The maximum Gasteiger partial charge on any atom is 0.522 e. The van der Waals surface area contributed by atoms with Gasteiger partial charge in [0.05, 0.1) is 12.7 Å². The fraction of sp³-hybridized carbons (Fsp3) is 0.667. The van der Waals surface area contributed by atoms with Gasteiger partial charge in [0.1, 0.15) is 5.75 Å². The van der Waals surface area contributed by atoms with Gasteiger partial charge in [0.15, 0.2) is 0 Å². The van der Waals surface area contributed by atoms with Gasteiger partial charge < -0.3 is 9.64 Å². The highest BCUT2D eigenvalue weighted by molar-refractivity contribution is 5.33. The first-order valence-electron chi connectivity index (χ1n) is 8.66. The molecule has 0 amide bonds. The number of ether oxygens (including phenoxy) is 2. The summed E-state index contributed by atoms with van der Waals surface area (Å²) in [5.41, 5.74) is 1.07. The number of hydrogen-bond acceptors (Lipinski definition) is 4. The molecule has 7 heteroatoms. The van der Waals surface area contributed by atoms with Gasteiger partial charge in [-0.2, -0.15) is 0 Å². The van der Waals surface area contributed by atoms with Crippen LogP contribution in [0.15, 0.2) is 24.3 Å². The number of alkyl halides is 3. The summed E-state index contributed by atoms with van der Waals surface area (Å²) in [6, 6.07) is 7.86. The number of nitrogens with zero attached hydrogens (tertiary/aromatic N) is 2. The zero-order valence-electron chi connectivity index (χ0n) is 14.9. The number of piperidine rings is 1. The molecule has 0 unspecified atom stereocenters. The molecule has 0 saturated carbocycles. The summed E-state index contributed by atoms with van der Waals surface area (Å²) in [5, 5.41) is 0. The molecule has 2 rings (SSSR count). The maximum atomic E-state index is 12.3. The predicted octanol–water partition coefficient (Wildman–Crippen LogP) is 3.52. The first-order valence-corrected chi connectivity index (χ1v) is 8.66. The van der Waals surface area contributed by atoms with E-state index in [1.54, 1.807) is 0 Å². The minimum Gasteiger partial charge on any atom is -0.493 e. The van der Waals surface area contributed by atoms with Gasteiger partial charge in [0, 0.05) is 31.7 Å². The standard InChI is InChI=1S/C18H27F3N2O2/c1-22(2)10-5-13-24-17-7-4-3-6-15(17)14-23-11-8-16(9-12-23)25-18(19,20)21/h3-4,6-7,16H,5,8-14H2,1-2H3. The molecular weight excluding hydrogens is 333 g/mol. The van der Waals surface area contributed by atoms with Crippen LogP contribution in [0.1, 0.15) is 24.8 Å². The van der Waals surface area contributed by atoms with E-state index in [1.165, 1.54) is 0 Å². The van der Waals surface area contributed by atoms with Crippen LogP contribution in [0.5, 0.6) is 5.75 Å². The molecule has 0 aliphatic carbocycles. The molecule has 0 atom stereocenters. The molecule has 1 aromatic rings. The fourth-order valence-corrected chi connectivity index (χ4v) is 2.95. The number of halogens is 3. The molecular formula is C18H27F3N2O2. The minimum atomic E-state index is -4.54. The average molecular weight is 360 g/mol. The van der Waals surface area contributed by atoms with Crippen LogP contribution in [0.25, 0.3) is 0 Å². The molecule has 1 heterocycles. The Labute approximate surface area is 147 Å². The number of para-hydroxylation sites is 1. The Morgan fingerprint density at radius 1 is 1.16 bits per heavy atom. The lowest BCUT2D eigenvalue weighted by molar-refractivity contribution is -0.345. The monoisotopic (exact) mass is 360 g/mol. The van der Waals surface area contributed by atoms with Crippen LogP contribution >= 0.6 is 0 Å². The van der Waals surface area contributed by atoms with E-state index in [9.17, 15) is 13.2 Å². The van der Waals surface area contributed by atoms with Crippen LogP contribution in [0.2, 0.25) is 0 Å². The molecule has 0 radical (unpaired) electrons. The second kappa shape index (κ2) is 9.40. The van der Waals surface area contributed by atoms with Crippen LogP contribution in [0.4, 0.5) is 13.2 Å². The van der Waals surface area contributed by atoms with Crippen LogP contribution in [0.3, 0.4) is 0 Å². The van der Waals surface area contributed by atoms with Crippen LogP contribution in [0, 0.1) is 0 Å². The van der Waals surface area contributed by atoms with Crippen molar-refractivity contribution in [3.63, 3.8) is 0 Å². The molecule has 0 N–H and O–H groups in total. The molecule has 0 spiro atoms. The summed E-state index contributed by atoms with van der Waals surface area (Å²) >= 11 is 0. The van der Waals surface area contributed by atoms with Crippen molar-refractivity contribution in [2.75, 3.05) is 40.3 Å². The lowest BCUT2D eigenvalue weighted by atomic mass is 10.1. The number of likely N-dealkylation sites (tertiary alicyclic amines) is 1. The lowest BCUT2D eigenvalue weighted by Gasteiger charge is -2.32. The van der Waals surface area contributed by atoms with E-state index in [4.69, 9.17) is 4.74 Å². The summed E-state index contributed by atoms with van der Waals surface area (Å²) in [4.78, 5) is 4.26. The summed E-state index contributed by atoms with van der Waals surface area (Å²) in [7, 11) is 4.06. The fourth-order valence-electron chi connectivity index (χ4n) is 2.95. The van der Waals surface area contributed by atoms with E-state index >= 15 is 0 Å². The molecule has 0 aromatic heterocycles. The summed E-state index contributed by atoms with van der Waals surface area (Å²) < 4.78 is 46.9. The van der Waals surface area contributed by atoms with E-state index in [0.717, 1.165) is 24.3 Å². The van der Waals surface area contributed by atoms with E-state index < -0.39 is 12.5 Å². The summed E-state index contributed by atoms with van der Waals surface area (Å²) in [5.74, 6) is 0.856. The Bertz CT molecular complexity index is 515. The Kier molecular flexibility index (Phi) is 7.53. The molecule has 0 bridgehead atoms. The van der Waals surface area contributed by atoms with Gasteiger partial charge in [0.2, 0.25) is 0 Å². The van der Waals surface area contributed by atoms with Crippen molar-refractivity contribution in [2.24, 2.45) is 0 Å². The van der Waals surface area contributed by atoms with Crippen molar-refractivity contribution in [2.45, 2.75) is 38.3 Å². The van der Waals surface area contributed by atoms with Gasteiger partial charge in [-0.1, -0.05) is 18.2 Å². The zero-order valence-corrected chi connectivity index (χ0v) is 14.9. The van der Waals surface area contributed by atoms with Gasteiger partial charge in [-0.25, -0.2) is 0 Å². The molecule has 1 fully saturated rings. The second-order valence-corrected chi connectivity index (χ2v) is 6.65.